The van der Waals surface area contributed by atoms with Gasteiger partial charge in [0.25, 0.3) is 0 Å². The van der Waals surface area contributed by atoms with Crippen LogP contribution in [0.25, 0.3) is 0 Å². The van der Waals surface area contributed by atoms with Crippen LogP contribution in [0.2, 0.25) is 0 Å². The summed E-state index contributed by atoms with van der Waals surface area (Å²) in [5, 5.41) is 9.36. The summed E-state index contributed by atoms with van der Waals surface area (Å²) in [4.78, 5) is 16.9. The third kappa shape index (κ3) is 4.18. The second-order valence-corrected chi connectivity index (χ2v) is 7.28. The van der Waals surface area contributed by atoms with E-state index in [0.717, 1.165) is 19.4 Å². The molecule has 21 heavy (non-hydrogen) atoms. The minimum absolute atomic E-state index is 0.00460. The molecular formula is C16H30N2O3. The van der Waals surface area contributed by atoms with Crippen molar-refractivity contribution in [3.05, 3.63) is 0 Å². The van der Waals surface area contributed by atoms with Crippen LogP contribution in [0.3, 0.4) is 0 Å². The molecule has 2 fully saturated rings. The number of aliphatic hydroxyl groups excluding tert-OH is 1. The second kappa shape index (κ2) is 6.63. The van der Waals surface area contributed by atoms with Gasteiger partial charge in [0.2, 0.25) is 5.91 Å². The highest BCUT2D eigenvalue weighted by Crippen LogP contribution is 2.24. The summed E-state index contributed by atoms with van der Waals surface area (Å²) in [5.41, 5.74) is -0.314. The molecule has 2 aliphatic rings. The zero-order valence-corrected chi connectivity index (χ0v) is 13.8. The molecule has 1 N–H and O–H groups in total. The maximum absolute atomic E-state index is 12.7. The molecule has 0 aromatic heterocycles. The van der Waals surface area contributed by atoms with Gasteiger partial charge < -0.3 is 14.7 Å². The number of morpholine rings is 1. The van der Waals surface area contributed by atoms with Crippen LogP contribution in [0, 0.1) is 0 Å². The Bertz CT molecular complexity index is 363. The van der Waals surface area contributed by atoms with Crippen LogP contribution in [-0.2, 0) is 9.53 Å². The van der Waals surface area contributed by atoms with Gasteiger partial charge in [-0.1, -0.05) is 0 Å². The van der Waals surface area contributed by atoms with Gasteiger partial charge in [-0.3, -0.25) is 9.69 Å². The Hall–Kier alpha value is -0.650. The number of nitrogens with zero attached hydrogens (tertiary/aromatic N) is 2. The van der Waals surface area contributed by atoms with Gasteiger partial charge in [-0.15, -0.1) is 0 Å². The van der Waals surface area contributed by atoms with Gasteiger partial charge >= 0.3 is 0 Å². The summed E-state index contributed by atoms with van der Waals surface area (Å²) in [6, 6.07) is 0.674. The fourth-order valence-electron chi connectivity index (χ4n) is 3.82. The van der Waals surface area contributed by atoms with Crippen LogP contribution in [0.15, 0.2) is 0 Å². The predicted octanol–water partition coefficient (Wildman–Crippen LogP) is 1.25. The first-order chi connectivity index (χ1) is 9.82. The van der Waals surface area contributed by atoms with E-state index < -0.39 is 0 Å². The summed E-state index contributed by atoms with van der Waals surface area (Å²) in [6.07, 6.45) is 3.22. The van der Waals surface area contributed by atoms with Crippen molar-refractivity contribution in [1.82, 2.24) is 9.80 Å². The number of likely N-dealkylation sites (tertiary alicyclic amines) is 1. The molecule has 0 aromatic carbocycles. The molecule has 0 saturated carbocycles. The Labute approximate surface area is 128 Å². The van der Waals surface area contributed by atoms with Crippen molar-refractivity contribution in [3.8, 4) is 0 Å². The van der Waals surface area contributed by atoms with Crippen LogP contribution in [-0.4, -0.2) is 70.8 Å². The first-order valence-corrected chi connectivity index (χ1v) is 8.14. The molecular weight excluding hydrogens is 268 g/mol. The molecule has 122 valence electrons. The lowest BCUT2D eigenvalue weighted by Crippen LogP contribution is -2.57. The zero-order valence-electron chi connectivity index (χ0n) is 13.8. The molecule has 0 bridgehead atoms. The van der Waals surface area contributed by atoms with Gasteiger partial charge in [-0.2, -0.15) is 0 Å². The van der Waals surface area contributed by atoms with Gasteiger partial charge in [0.05, 0.1) is 24.9 Å². The van der Waals surface area contributed by atoms with Crippen LogP contribution in [0.4, 0.5) is 0 Å². The van der Waals surface area contributed by atoms with Crippen LogP contribution >= 0.6 is 0 Å². The SMILES string of the molecule is CC1CCCC(C)N1C(=O)CN1CC(CO)OC(C)(C)C1. The lowest BCUT2D eigenvalue weighted by atomic mass is 9.97. The fraction of sp³-hybridized carbons (Fsp3) is 0.938. The summed E-state index contributed by atoms with van der Waals surface area (Å²) >= 11 is 0. The average molecular weight is 298 g/mol. The van der Waals surface area contributed by atoms with Crippen molar-refractivity contribution in [2.45, 2.75) is 70.7 Å². The Morgan fingerprint density at radius 3 is 2.48 bits per heavy atom. The van der Waals surface area contributed by atoms with Crippen molar-refractivity contribution < 1.29 is 14.6 Å². The smallest absolute Gasteiger partial charge is 0.237 e. The second-order valence-electron chi connectivity index (χ2n) is 7.28. The highest BCUT2D eigenvalue weighted by atomic mass is 16.5. The summed E-state index contributed by atoms with van der Waals surface area (Å²) in [6.45, 7) is 10.1. The Balaban J connectivity index is 1.98. The molecule has 2 heterocycles. The van der Waals surface area contributed by atoms with Crippen molar-refractivity contribution in [1.29, 1.82) is 0 Å². The molecule has 0 spiro atoms. The van der Waals surface area contributed by atoms with Gasteiger partial charge in [-0.25, -0.2) is 0 Å². The highest BCUT2D eigenvalue weighted by molar-refractivity contribution is 5.79. The van der Waals surface area contributed by atoms with E-state index in [2.05, 4.69) is 23.6 Å². The minimum Gasteiger partial charge on any atom is -0.394 e. The van der Waals surface area contributed by atoms with E-state index in [0.29, 0.717) is 25.2 Å². The third-order valence-corrected chi connectivity index (χ3v) is 4.60. The number of piperidine rings is 1. The molecule has 5 heteroatoms. The van der Waals surface area contributed by atoms with Crippen molar-refractivity contribution in [2.75, 3.05) is 26.2 Å². The minimum atomic E-state index is -0.314. The first-order valence-electron chi connectivity index (χ1n) is 8.14. The number of aliphatic hydroxyl groups is 1. The predicted molar refractivity (Wildman–Crippen MR) is 82.1 cm³/mol. The highest BCUT2D eigenvalue weighted by Gasteiger charge is 2.36. The Morgan fingerprint density at radius 2 is 1.90 bits per heavy atom. The van der Waals surface area contributed by atoms with Gasteiger partial charge in [-0.05, 0) is 47.0 Å². The number of carbonyl (C=O) groups is 1. The van der Waals surface area contributed by atoms with Crippen molar-refractivity contribution in [3.63, 3.8) is 0 Å². The van der Waals surface area contributed by atoms with E-state index in [1.807, 2.05) is 13.8 Å². The van der Waals surface area contributed by atoms with Gasteiger partial charge in [0, 0.05) is 25.2 Å². The largest absolute Gasteiger partial charge is 0.394 e. The van der Waals surface area contributed by atoms with E-state index in [1.165, 1.54) is 6.42 Å². The molecule has 1 amide bonds. The van der Waals surface area contributed by atoms with Crippen LogP contribution < -0.4 is 0 Å². The lowest BCUT2D eigenvalue weighted by molar-refractivity contribution is -0.158. The van der Waals surface area contributed by atoms with Crippen LogP contribution in [0.5, 0.6) is 0 Å². The maximum Gasteiger partial charge on any atom is 0.237 e. The molecule has 0 aliphatic carbocycles. The van der Waals surface area contributed by atoms with E-state index in [4.69, 9.17) is 4.74 Å². The fourth-order valence-corrected chi connectivity index (χ4v) is 3.82. The van der Waals surface area contributed by atoms with E-state index in [-0.39, 0.29) is 24.2 Å². The van der Waals surface area contributed by atoms with E-state index in [9.17, 15) is 9.90 Å². The van der Waals surface area contributed by atoms with Gasteiger partial charge in [0.15, 0.2) is 0 Å². The number of carbonyl (C=O) groups excluding carboxylic acids is 1. The standard InChI is InChI=1S/C16H30N2O3/c1-12-6-5-7-13(2)18(12)15(20)9-17-8-14(10-19)21-16(3,4)11-17/h12-14,19H,5-11H2,1-4H3. The zero-order chi connectivity index (χ0) is 15.6. The van der Waals surface area contributed by atoms with Crippen LogP contribution in [0.1, 0.15) is 47.0 Å². The monoisotopic (exact) mass is 298 g/mol. The molecule has 3 unspecified atom stereocenters. The number of hydrogen-bond acceptors (Lipinski definition) is 4. The quantitative estimate of drug-likeness (QED) is 0.852. The first kappa shape index (κ1) is 16.7. The van der Waals surface area contributed by atoms with E-state index >= 15 is 0 Å². The number of ether oxygens (including phenoxy) is 1. The molecule has 0 radical (unpaired) electrons. The molecule has 2 aliphatic heterocycles. The molecule has 5 nitrogen and oxygen atoms in total. The summed E-state index contributed by atoms with van der Waals surface area (Å²) in [5.74, 6) is 0.212. The number of hydrogen-bond donors (Lipinski definition) is 1. The topological polar surface area (TPSA) is 53.0 Å². The molecule has 2 saturated heterocycles. The Morgan fingerprint density at radius 1 is 1.29 bits per heavy atom. The molecule has 0 aromatic rings. The number of rotatable bonds is 3. The van der Waals surface area contributed by atoms with Gasteiger partial charge in [0.1, 0.15) is 0 Å². The third-order valence-electron chi connectivity index (χ3n) is 4.60. The molecule has 3 atom stereocenters. The number of amides is 1. The van der Waals surface area contributed by atoms with Crippen molar-refractivity contribution in [2.24, 2.45) is 0 Å². The van der Waals surface area contributed by atoms with E-state index in [1.54, 1.807) is 0 Å². The Kier molecular flexibility index (Phi) is 5.28. The van der Waals surface area contributed by atoms with Crippen molar-refractivity contribution >= 4 is 5.91 Å². The lowest BCUT2D eigenvalue weighted by Gasteiger charge is -2.44. The maximum atomic E-state index is 12.7. The summed E-state index contributed by atoms with van der Waals surface area (Å²) in [7, 11) is 0. The summed E-state index contributed by atoms with van der Waals surface area (Å²) < 4.78 is 5.81. The average Bonchev–Trinajstić information content (AvgIpc) is 2.36. The molecule has 2 rings (SSSR count). The normalized spacial score (nSPS) is 34.0.